The van der Waals surface area contributed by atoms with Gasteiger partial charge in [0.1, 0.15) is 0 Å². The van der Waals surface area contributed by atoms with Gasteiger partial charge in [0.05, 0.1) is 0 Å². The van der Waals surface area contributed by atoms with Crippen LogP contribution < -0.4 is 0 Å². The summed E-state index contributed by atoms with van der Waals surface area (Å²) < 4.78 is 0. The summed E-state index contributed by atoms with van der Waals surface area (Å²) in [6.45, 7) is 12.7. The molecule has 0 aromatic rings. The maximum Gasteiger partial charge on any atom is 0.0155 e. The first kappa shape index (κ1) is 9.31. The normalized spacial score (nSPS) is 27.5. The minimum absolute atomic E-state index is 0.240. The van der Waals surface area contributed by atoms with E-state index in [-0.39, 0.29) is 5.41 Å². The zero-order valence-electron chi connectivity index (χ0n) is 8.52. The summed E-state index contributed by atoms with van der Waals surface area (Å²) in [4.78, 5) is 0. The van der Waals surface area contributed by atoms with E-state index in [4.69, 9.17) is 0 Å². The predicted molar refractivity (Wildman–Crippen MR) is 55.0 cm³/mol. The van der Waals surface area contributed by atoms with Crippen molar-refractivity contribution in [3.63, 3.8) is 0 Å². The van der Waals surface area contributed by atoms with Crippen LogP contribution in [-0.4, -0.2) is 0 Å². The molecule has 0 N–H and O–H groups in total. The van der Waals surface area contributed by atoms with E-state index in [9.17, 15) is 0 Å². The molecule has 0 fully saturated rings. The summed E-state index contributed by atoms with van der Waals surface area (Å²) in [6, 6.07) is 0. The average Bonchev–Trinajstić information content (AvgIpc) is 1.96. The lowest BCUT2D eigenvalue weighted by Gasteiger charge is -2.30. The molecule has 1 rings (SSSR count). The quantitative estimate of drug-likeness (QED) is 0.515. The smallest absolute Gasteiger partial charge is 0.0155 e. The van der Waals surface area contributed by atoms with Crippen LogP contribution in [-0.2, 0) is 0 Å². The van der Waals surface area contributed by atoms with Crippen LogP contribution in [0.25, 0.3) is 0 Å². The zero-order valence-corrected chi connectivity index (χ0v) is 8.52. The number of rotatable bonds is 1. The van der Waals surface area contributed by atoms with Gasteiger partial charge in [0.15, 0.2) is 0 Å². The lowest BCUT2D eigenvalue weighted by atomic mass is 9.75. The third-order valence-corrected chi connectivity index (χ3v) is 2.81. The molecule has 0 spiro atoms. The Balaban J connectivity index is 3.02. The van der Waals surface area contributed by atoms with Gasteiger partial charge in [-0.3, -0.25) is 0 Å². The molecule has 0 heteroatoms. The molecule has 0 bridgehead atoms. The van der Waals surface area contributed by atoms with E-state index in [1.54, 1.807) is 0 Å². The summed E-state index contributed by atoms with van der Waals surface area (Å²) in [5.41, 5.74) is 3.10. The van der Waals surface area contributed by atoms with Crippen molar-refractivity contribution in [1.82, 2.24) is 0 Å². The maximum atomic E-state index is 3.83. The first-order valence-corrected chi connectivity index (χ1v) is 4.48. The van der Waals surface area contributed by atoms with Gasteiger partial charge in [0.2, 0.25) is 0 Å². The maximum absolute atomic E-state index is 3.83. The van der Waals surface area contributed by atoms with Crippen LogP contribution in [0.2, 0.25) is 0 Å². The van der Waals surface area contributed by atoms with Crippen molar-refractivity contribution < 1.29 is 0 Å². The second-order valence-corrected chi connectivity index (χ2v) is 4.22. The van der Waals surface area contributed by atoms with Gasteiger partial charge in [-0.1, -0.05) is 43.2 Å². The third kappa shape index (κ3) is 1.52. The molecule has 0 aliphatic heterocycles. The molecule has 0 saturated carbocycles. The molecule has 0 radical (unpaired) electrons. The van der Waals surface area contributed by atoms with Crippen LogP contribution in [0, 0.1) is 11.3 Å². The second-order valence-electron chi connectivity index (χ2n) is 4.22. The first-order chi connectivity index (χ1) is 5.47. The summed E-state index contributed by atoms with van der Waals surface area (Å²) in [7, 11) is 0. The van der Waals surface area contributed by atoms with Gasteiger partial charge in [-0.2, -0.15) is 0 Å². The summed E-state index contributed by atoms with van der Waals surface area (Å²) in [5.74, 6) is 0.457. The van der Waals surface area contributed by atoms with Crippen molar-refractivity contribution in [3.8, 4) is 0 Å². The Labute approximate surface area is 75.7 Å². The predicted octanol–water partition coefficient (Wildman–Crippen LogP) is 3.72. The Morgan fingerprint density at radius 3 is 2.50 bits per heavy atom. The van der Waals surface area contributed by atoms with Gasteiger partial charge in [-0.05, 0) is 13.8 Å². The Hall–Kier alpha value is -0.780. The largest absolute Gasteiger partial charge is 0.102 e. The fraction of sp³-hybridized carbons (Fsp3) is 0.500. The molecule has 0 aromatic carbocycles. The van der Waals surface area contributed by atoms with E-state index >= 15 is 0 Å². The van der Waals surface area contributed by atoms with Crippen molar-refractivity contribution >= 4 is 0 Å². The summed E-state index contributed by atoms with van der Waals surface area (Å²) in [5, 5.41) is 0. The van der Waals surface area contributed by atoms with Crippen LogP contribution in [0.1, 0.15) is 27.7 Å². The van der Waals surface area contributed by atoms with E-state index in [1.165, 1.54) is 11.1 Å². The molecule has 1 atom stereocenters. The van der Waals surface area contributed by atoms with E-state index in [0.717, 1.165) is 0 Å². The highest BCUT2D eigenvalue weighted by Crippen LogP contribution is 2.36. The fourth-order valence-corrected chi connectivity index (χ4v) is 1.65. The second kappa shape index (κ2) is 2.93. The molecule has 1 aliphatic rings. The third-order valence-electron chi connectivity index (χ3n) is 2.81. The highest BCUT2D eigenvalue weighted by molar-refractivity contribution is 5.33. The highest BCUT2D eigenvalue weighted by atomic mass is 14.3. The first-order valence-electron chi connectivity index (χ1n) is 4.48. The van der Waals surface area contributed by atoms with Gasteiger partial charge in [0, 0.05) is 11.3 Å². The Bertz CT molecular complexity index is 251. The lowest BCUT2D eigenvalue weighted by molar-refractivity contribution is 0.550. The van der Waals surface area contributed by atoms with Crippen LogP contribution in [0.5, 0.6) is 0 Å². The van der Waals surface area contributed by atoms with Gasteiger partial charge in [-0.25, -0.2) is 0 Å². The van der Waals surface area contributed by atoms with Gasteiger partial charge >= 0.3 is 0 Å². The zero-order chi connectivity index (χ0) is 9.35. The Morgan fingerprint density at radius 2 is 2.00 bits per heavy atom. The number of allylic oxidation sites excluding steroid dienone is 5. The van der Waals surface area contributed by atoms with Crippen LogP contribution in [0.15, 0.2) is 36.0 Å². The molecule has 0 heterocycles. The summed E-state index contributed by atoms with van der Waals surface area (Å²) >= 11 is 0. The topological polar surface area (TPSA) is 0 Å². The monoisotopic (exact) mass is 162 g/mol. The average molecular weight is 162 g/mol. The lowest BCUT2D eigenvalue weighted by Crippen LogP contribution is -2.17. The van der Waals surface area contributed by atoms with E-state index in [1.807, 2.05) is 6.08 Å². The van der Waals surface area contributed by atoms with Crippen LogP contribution in [0.4, 0.5) is 0 Å². The molecule has 1 unspecified atom stereocenters. The van der Waals surface area contributed by atoms with E-state index < -0.39 is 0 Å². The SMILES string of the molecule is C=CC1C=C(C)C(C)(C)C=C1C. The van der Waals surface area contributed by atoms with Crippen molar-refractivity contribution in [1.29, 1.82) is 0 Å². The van der Waals surface area contributed by atoms with Crippen LogP contribution >= 0.6 is 0 Å². The van der Waals surface area contributed by atoms with Crippen molar-refractivity contribution in [2.75, 3.05) is 0 Å². The van der Waals surface area contributed by atoms with Crippen molar-refractivity contribution in [2.45, 2.75) is 27.7 Å². The summed E-state index contributed by atoms with van der Waals surface area (Å²) in [6.07, 6.45) is 6.65. The molecule has 66 valence electrons. The molecular formula is C12H18. The van der Waals surface area contributed by atoms with Crippen molar-refractivity contribution in [2.24, 2.45) is 11.3 Å². The molecule has 0 amide bonds. The molecule has 0 aromatic heterocycles. The molecule has 1 aliphatic carbocycles. The number of hydrogen-bond acceptors (Lipinski definition) is 0. The Morgan fingerprint density at radius 1 is 1.42 bits per heavy atom. The molecule has 0 nitrogen and oxygen atoms in total. The van der Waals surface area contributed by atoms with E-state index in [2.05, 4.69) is 46.4 Å². The molecular weight excluding hydrogens is 144 g/mol. The minimum atomic E-state index is 0.240. The van der Waals surface area contributed by atoms with Gasteiger partial charge in [0.25, 0.3) is 0 Å². The minimum Gasteiger partial charge on any atom is -0.102 e. The highest BCUT2D eigenvalue weighted by Gasteiger charge is 2.23. The van der Waals surface area contributed by atoms with Crippen LogP contribution in [0.3, 0.4) is 0 Å². The van der Waals surface area contributed by atoms with Crippen molar-refractivity contribution in [3.05, 3.63) is 36.0 Å². The molecule has 12 heavy (non-hydrogen) atoms. The molecule has 0 saturated heterocycles. The van der Waals surface area contributed by atoms with Gasteiger partial charge in [-0.15, -0.1) is 6.58 Å². The fourth-order valence-electron chi connectivity index (χ4n) is 1.65. The van der Waals surface area contributed by atoms with Gasteiger partial charge < -0.3 is 0 Å². The Kier molecular flexibility index (Phi) is 2.27. The standard InChI is InChI=1S/C12H18/c1-6-11-7-10(3)12(4,5)8-9(11)2/h6-8,11H,1H2,2-5H3. The number of hydrogen-bond donors (Lipinski definition) is 0. The van der Waals surface area contributed by atoms with E-state index in [0.29, 0.717) is 5.92 Å².